The zero-order valence-electron chi connectivity index (χ0n) is 17.0. The number of alkyl halides is 3. The Bertz CT molecular complexity index is 1330. The lowest BCUT2D eigenvalue weighted by atomic mass is 10.1. The minimum absolute atomic E-state index is 0.163. The molecule has 0 atom stereocenters. The molecule has 3 aromatic carbocycles. The van der Waals surface area contributed by atoms with Crippen LogP contribution in [0.15, 0.2) is 66.7 Å². The summed E-state index contributed by atoms with van der Waals surface area (Å²) in [5.41, 5.74) is -0.244. The van der Waals surface area contributed by atoms with Crippen molar-refractivity contribution in [3.63, 3.8) is 0 Å². The van der Waals surface area contributed by atoms with Crippen LogP contribution in [0.3, 0.4) is 0 Å². The number of benzene rings is 3. The molecule has 0 aliphatic heterocycles. The number of nitrogens with zero attached hydrogens (tertiary/aromatic N) is 1. The zero-order chi connectivity index (χ0) is 23.8. The van der Waals surface area contributed by atoms with E-state index in [2.05, 4.69) is 5.32 Å². The van der Waals surface area contributed by atoms with Crippen LogP contribution in [0, 0.1) is 11.6 Å². The molecule has 4 rings (SSSR count). The van der Waals surface area contributed by atoms with Crippen LogP contribution in [0.2, 0.25) is 0 Å². The number of aliphatic hydroxyl groups is 1. The Balaban J connectivity index is 1.72. The van der Waals surface area contributed by atoms with Crippen molar-refractivity contribution in [3.8, 4) is 11.3 Å². The Hall–Kier alpha value is -3.72. The molecule has 170 valence electrons. The van der Waals surface area contributed by atoms with Gasteiger partial charge in [-0.25, -0.2) is 8.78 Å². The van der Waals surface area contributed by atoms with Gasteiger partial charge in [0.2, 0.25) is 0 Å². The summed E-state index contributed by atoms with van der Waals surface area (Å²) in [5.74, 6) is -2.91. The second-order valence-electron chi connectivity index (χ2n) is 7.30. The van der Waals surface area contributed by atoms with Gasteiger partial charge >= 0.3 is 6.18 Å². The molecule has 4 aromatic rings. The van der Waals surface area contributed by atoms with E-state index in [9.17, 15) is 31.9 Å². The van der Waals surface area contributed by atoms with E-state index in [-0.39, 0.29) is 18.8 Å². The van der Waals surface area contributed by atoms with Gasteiger partial charge in [0.15, 0.2) is 0 Å². The molecule has 1 heterocycles. The Morgan fingerprint density at radius 1 is 0.970 bits per heavy atom. The van der Waals surface area contributed by atoms with Crippen molar-refractivity contribution in [2.75, 3.05) is 11.9 Å². The third kappa shape index (κ3) is 4.45. The van der Waals surface area contributed by atoms with E-state index in [1.54, 1.807) is 28.8 Å². The highest BCUT2D eigenvalue weighted by atomic mass is 19.4. The fourth-order valence-corrected chi connectivity index (χ4v) is 3.73. The van der Waals surface area contributed by atoms with Gasteiger partial charge in [-0.05, 0) is 66.2 Å². The Kier molecular flexibility index (Phi) is 5.90. The molecular formula is C24H17F5N2O2. The van der Waals surface area contributed by atoms with E-state index in [0.29, 0.717) is 28.2 Å². The molecule has 0 spiro atoms. The fraction of sp³-hybridized carbons (Fsp3) is 0.125. The molecule has 0 aliphatic carbocycles. The molecule has 0 unspecified atom stereocenters. The number of halogens is 5. The van der Waals surface area contributed by atoms with E-state index in [0.717, 1.165) is 12.1 Å². The summed E-state index contributed by atoms with van der Waals surface area (Å²) in [6.07, 6.45) is -4.90. The van der Waals surface area contributed by atoms with Crippen molar-refractivity contribution in [2.45, 2.75) is 12.7 Å². The van der Waals surface area contributed by atoms with E-state index in [4.69, 9.17) is 0 Å². The number of nitrogens with one attached hydrogen (secondary N) is 1. The molecule has 33 heavy (non-hydrogen) atoms. The Morgan fingerprint density at radius 2 is 1.70 bits per heavy atom. The number of carbonyl (C=O) groups excluding carboxylic acids is 1. The lowest BCUT2D eigenvalue weighted by molar-refractivity contribution is -0.138. The van der Waals surface area contributed by atoms with Gasteiger partial charge in [-0.3, -0.25) is 4.79 Å². The fourth-order valence-electron chi connectivity index (χ4n) is 3.73. The number of aromatic nitrogens is 1. The summed E-state index contributed by atoms with van der Waals surface area (Å²) < 4.78 is 69.0. The van der Waals surface area contributed by atoms with Crippen LogP contribution in [-0.4, -0.2) is 22.2 Å². The topological polar surface area (TPSA) is 54.3 Å². The lowest BCUT2D eigenvalue weighted by Gasteiger charge is -2.14. The minimum atomic E-state index is -4.90. The van der Waals surface area contributed by atoms with Gasteiger partial charge in [-0.1, -0.05) is 6.07 Å². The number of aliphatic hydroxyl groups excluding tert-OH is 1. The van der Waals surface area contributed by atoms with E-state index < -0.39 is 34.8 Å². The summed E-state index contributed by atoms with van der Waals surface area (Å²) in [5, 5.41) is 12.4. The van der Waals surface area contributed by atoms with Crippen LogP contribution in [0.1, 0.15) is 15.9 Å². The highest BCUT2D eigenvalue weighted by molar-refractivity contribution is 6.06. The van der Waals surface area contributed by atoms with Gasteiger partial charge in [-0.15, -0.1) is 0 Å². The second-order valence-corrected chi connectivity index (χ2v) is 7.30. The van der Waals surface area contributed by atoms with E-state index in [1.165, 1.54) is 24.3 Å². The molecule has 1 aromatic heterocycles. The SMILES string of the molecule is O=C(Nc1ccc2c(c1)cc(-c1ccc(F)cc1)n2CCO)c1c(F)cccc1C(F)(F)F. The van der Waals surface area contributed by atoms with Gasteiger partial charge < -0.3 is 15.0 Å². The molecule has 0 fully saturated rings. The smallest absolute Gasteiger partial charge is 0.395 e. The highest BCUT2D eigenvalue weighted by Crippen LogP contribution is 2.34. The van der Waals surface area contributed by atoms with E-state index >= 15 is 0 Å². The Labute approximate surface area is 184 Å². The van der Waals surface area contributed by atoms with Crippen molar-refractivity contribution in [1.82, 2.24) is 4.57 Å². The van der Waals surface area contributed by atoms with Crippen LogP contribution in [0.4, 0.5) is 27.6 Å². The van der Waals surface area contributed by atoms with E-state index in [1.807, 2.05) is 0 Å². The Morgan fingerprint density at radius 3 is 2.36 bits per heavy atom. The summed E-state index contributed by atoms with van der Waals surface area (Å²) in [7, 11) is 0. The maximum atomic E-state index is 14.1. The first-order valence-electron chi connectivity index (χ1n) is 9.86. The summed E-state index contributed by atoms with van der Waals surface area (Å²) in [4.78, 5) is 12.5. The number of anilines is 1. The quantitative estimate of drug-likeness (QED) is 0.367. The van der Waals surface area contributed by atoms with Crippen LogP contribution in [0.25, 0.3) is 22.2 Å². The van der Waals surface area contributed by atoms with Gasteiger partial charge in [0.25, 0.3) is 5.91 Å². The largest absolute Gasteiger partial charge is 0.417 e. The summed E-state index contributed by atoms with van der Waals surface area (Å²) >= 11 is 0. The number of hydrogen-bond donors (Lipinski definition) is 2. The first-order chi connectivity index (χ1) is 15.7. The van der Waals surface area contributed by atoms with Gasteiger partial charge in [0.05, 0.1) is 17.7 Å². The minimum Gasteiger partial charge on any atom is -0.395 e. The number of carbonyl (C=O) groups is 1. The number of amides is 1. The monoisotopic (exact) mass is 460 g/mol. The number of rotatable bonds is 5. The maximum Gasteiger partial charge on any atom is 0.417 e. The normalized spacial score (nSPS) is 11.7. The van der Waals surface area contributed by atoms with Crippen molar-refractivity contribution in [3.05, 3.63) is 89.5 Å². The average Bonchev–Trinajstić information content (AvgIpc) is 3.11. The van der Waals surface area contributed by atoms with Gasteiger partial charge in [0, 0.05) is 28.8 Å². The molecule has 0 radical (unpaired) electrons. The van der Waals surface area contributed by atoms with Crippen LogP contribution < -0.4 is 5.32 Å². The molecule has 1 amide bonds. The van der Waals surface area contributed by atoms with Gasteiger partial charge in [-0.2, -0.15) is 13.2 Å². The van der Waals surface area contributed by atoms with Crippen molar-refractivity contribution < 1.29 is 31.9 Å². The first kappa shape index (κ1) is 22.5. The molecule has 0 bridgehead atoms. The third-order valence-electron chi connectivity index (χ3n) is 5.17. The maximum absolute atomic E-state index is 14.1. The summed E-state index contributed by atoms with van der Waals surface area (Å²) in [6.45, 7) is 0.0794. The second kappa shape index (κ2) is 8.67. The average molecular weight is 460 g/mol. The van der Waals surface area contributed by atoms with Crippen LogP contribution in [-0.2, 0) is 12.7 Å². The van der Waals surface area contributed by atoms with Crippen molar-refractivity contribution >= 4 is 22.5 Å². The third-order valence-corrected chi connectivity index (χ3v) is 5.17. The van der Waals surface area contributed by atoms with Gasteiger partial charge in [0.1, 0.15) is 11.6 Å². The number of fused-ring (bicyclic) bond motifs is 1. The molecule has 0 aliphatic rings. The van der Waals surface area contributed by atoms with Crippen LogP contribution >= 0.6 is 0 Å². The molecule has 9 heteroatoms. The predicted octanol–water partition coefficient (Wildman–Crippen LogP) is 5.85. The zero-order valence-corrected chi connectivity index (χ0v) is 17.0. The lowest BCUT2D eigenvalue weighted by Crippen LogP contribution is -2.20. The molecule has 0 saturated heterocycles. The van der Waals surface area contributed by atoms with Crippen molar-refractivity contribution in [2.24, 2.45) is 0 Å². The highest BCUT2D eigenvalue weighted by Gasteiger charge is 2.36. The number of hydrogen-bond acceptors (Lipinski definition) is 2. The van der Waals surface area contributed by atoms with Crippen LogP contribution in [0.5, 0.6) is 0 Å². The molecule has 4 nitrogen and oxygen atoms in total. The standard InChI is InChI=1S/C24H17F5N2O2/c25-16-6-4-14(5-7-16)21-13-15-12-17(8-9-20(15)31(21)10-11-32)30-23(33)22-18(24(27,28)29)2-1-3-19(22)26/h1-9,12-13,32H,10-11H2,(H,30,33). The van der Waals surface area contributed by atoms with Crippen molar-refractivity contribution in [1.29, 1.82) is 0 Å². The predicted molar refractivity (Wildman–Crippen MR) is 114 cm³/mol. The molecule has 2 N–H and O–H groups in total. The molecule has 0 saturated carbocycles. The molecular weight excluding hydrogens is 443 g/mol. The summed E-state index contributed by atoms with van der Waals surface area (Å²) in [6, 6.07) is 14.5. The first-order valence-corrected chi connectivity index (χ1v) is 9.86.